The van der Waals surface area contributed by atoms with Gasteiger partial charge in [0.25, 0.3) is 0 Å². The molecule has 6 heteroatoms. The summed E-state index contributed by atoms with van der Waals surface area (Å²) in [6.07, 6.45) is 2.47. The van der Waals surface area contributed by atoms with E-state index in [0.717, 1.165) is 27.7 Å². The number of anilines is 1. The quantitative estimate of drug-likeness (QED) is 0.760. The van der Waals surface area contributed by atoms with E-state index >= 15 is 0 Å². The number of carboxylic acid groups (broad SMARTS) is 1. The van der Waals surface area contributed by atoms with Crippen LogP contribution in [0, 0.1) is 10.5 Å². The van der Waals surface area contributed by atoms with E-state index in [-0.39, 0.29) is 12.5 Å². The number of piperidine rings is 1. The average Bonchev–Trinajstić information content (AvgIpc) is 2.42. The van der Waals surface area contributed by atoms with Crippen LogP contribution in [0.25, 0.3) is 0 Å². The maximum atomic E-state index is 12.1. The molecule has 0 bridgehead atoms. The lowest BCUT2D eigenvalue weighted by molar-refractivity contribution is -0.145. The second-order valence-corrected chi connectivity index (χ2v) is 6.57. The lowest BCUT2D eigenvalue weighted by Gasteiger charge is -2.32. The lowest BCUT2D eigenvalue weighted by Crippen LogP contribution is -2.47. The molecule has 0 radical (unpaired) electrons. The molecule has 1 heterocycles. The summed E-state index contributed by atoms with van der Waals surface area (Å²) in [4.78, 5) is 25.1. The molecule has 114 valence electrons. The average molecular weight is 402 g/mol. The number of benzene rings is 1. The van der Waals surface area contributed by atoms with Crippen molar-refractivity contribution >= 4 is 40.2 Å². The van der Waals surface area contributed by atoms with E-state index < -0.39 is 12.0 Å². The molecule has 5 nitrogen and oxygen atoms in total. The second kappa shape index (κ2) is 7.22. The Balaban J connectivity index is 1.98. The van der Waals surface area contributed by atoms with Gasteiger partial charge >= 0.3 is 5.97 Å². The standard InChI is InChI=1S/C15H19IN2O3/c1-10-8-11(16)5-6-12(10)17-14(19)9-18-7-3-2-4-13(18)15(20)21/h5-6,8,13H,2-4,7,9H2,1H3,(H,17,19)(H,20,21). The summed E-state index contributed by atoms with van der Waals surface area (Å²) in [6.45, 7) is 2.73. The Kier molecular flexibility index (Phi) is 5.58. The predicted octanol–water partition coefficient (Wildman–Crippen LogP) is 2.48. The van der Waals surface area contributed by atoms with Gasteiger partial charge in [0.2, 0.25) is 5.91 Å². The Bertz CT molecular complexity index is 548. The molecule has 0 aromatic heterocycles. The van der Waals surface area contributed by atoms with Crippen LogP contribution < -0.4 is 5.32 Å². The molecular weight excluding hydrogens is 383 g/mol. The number of carbonyl (C=O) groups excluding carboxylic acids is 1. The Hall–Kier alpha value is -1.15. The van der Waals surface area contributed by atoms with Gasteiger partial charge < -0.3 is 10.4 Å². The summed E-state index contributed by atoms with van der Waals surface area (Å²) in [6, 6.07) is 5.27. The fourth-order valence-electron chi connectivity index (χ4n) is 2.60. The maximum Gasteiger partial charge on any atom is 0.320 e. The van der Waals surface area contributed by atoms with Gasteiger partial charge in [-0.1, -0.05) is 6.42 Å². The van der Waals surface area contributed by atoms with Crippen LogP contribution in [-0.4, -0.2) is 41.0 Å². The minimum absolute atomic E-state index is 0.127. The molecule has 2 N–H and O–H groups in total. The molecule has 0 saturated carbocycles. The van der Waals surface area contributed by atoms with Crippen LogP contribution in [0.3, 0.4) is 0 Å². The van der Waals surface area contributed by atoms with E-state index in [0.29, 0.717) is 13.0 Å². The lowest BCUT2D eigenvalue weighted by atomic mass is 10.0. The summed E-state index contributed by atoms with van der Waals surface area (Å²) in [5.74, 6) is -1.000. The minimum Gasteiger partial charge on any atom is -0.480 e. The number of likely N-dealkylation sites (tertiary alicyclic amines) is 1. The molecule has 1 aliphatic heterocycles. The zero-order chi connectivity index (χ0) is 15.4. The third-order valence-electron chi connectivity index (χ3n) is 3.71. The number of amides is 1. The molecule has 1 aliphatic rings. The summed E-state index contributed by atoms with van der Waals surface area (Å²) in [5, 5.41) is 12.1. The fraction of sp³-hybridized carbons (Fsp3) is 0.467. The second-order valence-electron chi connectivity index (χ2n) is 5.33. The van der Waals surface area contributed by atoms with E-state index in [9.17, 15) is 14.7 Å². The van der Waals surface area contributed by atoms with Gasteiger partial charge in [0.15, 0.2) is 0 Å². The summed E-state index contributed by atoms with van der Waals surface area (Å²) < 4.78 is 1.12. The number of aliphatic carboxylic acids is 1. The van der Waals surface area contributed by atoms with Crippen molar-refractivity contribution in [2.75, 3.05) is 18.4 Å². The Morgan fingerprint density at radius 2 is 2.19 bits per heavy atom. The molecule has 1 aromatic rings. The number of hydrogen-bond acceptors (Lipinski definition) is 3. The van der Waals surface area contributed by atoms with E-state index in [2.05, 4.69) is 27.9 Å². The summed E-state index contributed by atoms with van der Waals surface area (Å²) in [5.41, 5.74) is 1.79. The third kappa shape index (κ3) is 4.41. The van der Waals surface area contributed by atoms with Gasteiger partial charge in [0.05, 0.1) is 6.54 Å². The number of carbonyl (C=O) groups is 2. The fourth-order valence-corrected chi connectivity index (χ4v) is 3.25. The third-order valence-corrected chi connectivity index (χ3v) is 4.38. The van der Waals surface area contributed by atoms with Crippen molar-refractivity contribution in [1.82, 2.24) is 4.90 Å². The Morgan fingerprint density at radius 3 is 2.86 bits per heavy atom. The molecular formula is C15H19IN2O3. The van der Waals surface area contributed by atoms with Gasteiger partial charge in [-0.15, -0.1) is 0 Å². The van der Waals surface area contributed by atoms with Crippen LogP contribution in [0.2, 0.25) is 0 Å². The van der Waals surface area contributed by atoms with Crippen LogP contribution >= 0.6 is 22.6 Å². The molecule has 1 atom stereocenters. The molecule has 1 amide bonds. The van der Waals surface area contributed by atoms with Crippen molar-refractivity contribution in [1.29, 1.82) is 0 Å². The molecule has 0 aliphatic carbocycles. The van der Waals surface area contributed by atoms with Gasteiger partial charge in [-0.2, -0.15) is 0 Å². The van der Waals surface area contributed by atoms with Gasteiger partial charge in [0, 0.05) is 9.26 Å². The predicted molar refractivity (Wildman–Crippen MR) is 89.4 cm³/mol. The zero-order valence-electron chi connectivity index (χ0n) is 11.9. The highest BCUT2D eigenvalue weighted by molar-refractivity contribution is 14.1. The number of hydrogen-bond donors (Lipinski definition) is 2. The summed E-state index contributed by atoms with van der Waals surface area (Å²) in [7, 11) is 0. The number of aryl methyl sites for hydroxylation is 1. The smallest absolute Gasteiger partial charge is 0.320 e. The largest absolute Gasteiger partial charge is 0.480 e. The molecule has 1 unspecified atom stereocenters. The molecule has 2 rings (SSSR count). The molecule has 1 saturated heterocycles. The van der Waals surface area contributed by atoms with Gasteiger partial charge in [-0.3, -0.25) is 14.5 Å². The first-order chi connectivity index (χ1) is 9.97. The van der Waals surface area contributed by atoms with E-state index in [4.69, 9.17) is 0 Å². The number of rotatable bonds is 4. The highest BCUT2D eigenvalue weighted by Gasteiger charge is 2.29. The van der Waals surface area contributed by atoms with Gasteiger partial charge in [-0.05, 0) is 72.7 Å². The summed E-state index contributed by atoms with van der Waals surface area (Å²) >= 11 is 2.22. The number of carboxylic acids is 1. The molecule has 1 fully saturated rings. The Labute approximate surface area is 137 Å². The number of halogens is 1. The van der Waals surface area contributed by atoms with Crippen LogP contribution in [-0.2, 0) is 9.59 Å². The topological polar surface area (TPSA) is 69.6 Å². The molecule has 0 spiro atoms. The van der Waals surface area contributed by atoms with Crippen LogP contribution in [0.1, 0.15) is 24.8 Å². The number of nitrogens with one attached hydrogen (secondary N) is 1. The highest BCUT2D eigenvalue weighted by atomic mass is 127. The van der Waals surface area contributed by atoms with E-state index in [1.165, 1.54) is 0 Å². The molecule has 1 aromatic carbocycles. The first-order valence-electron chi connectivity index (χ1n) is 7.00. The molecule has 21 heavy (non-hydrogen) atoms. The van der Waals surface area contributed by atoms with Crippen LogP contribution in [0.4, 0.5) is 5.69 Å². The maximum absolute atomic E-state index is 12.1. The van der Waals surface area contributed by atoms with Crippen molar-refractivity contribution in [2.24, 2.45) is 0 Å². The van der Waals surface area contributed by atoms with Crippen LogP contribution in [0.15, 0.2) is 18.2 Å². The zero-order valence-corrected chi connectivity index (χ0v) is 14.1. The van der Waals surface area contributed by atoms with Crippen molar-refractivity contribution in [3.8, 4) is 0 Å². The van der Waals surface area contributed by atoms with Crippen molar-refractivity contribution in [3.05, 3.63) is 27.3 Å². The highest BCUT2D eigenvalue weighted by Crippen LogP contribution is 2.19. The SMILES string of the molecule is Cc1cc(I)ccc1NC(=O)CN1CCCCC1C(=O)O. The van der Waals surface area contributed by atoms with Crippen molar-refractivity contribution < 1.29 is 14.7 Å². The Morgan fingerprint density at radius 1 is 1.43 bits per heavy atom. The number of nitrogens with zero attached hydrogens (tertiary/aromatic N) is 1. The van der Waals surface area contributed by atoms with Gasteiger partial charge in [-0.25, -0.2) is 0 Å². The van der Waals surface area contributed by atoms with Crippen molar-refractivity contribution in [2.45, 2.75) is 32.2 Å². The minimum atomic E-state index is -0.840. The van der Waals surface area contributed by atoms with E-state index in [1.807, 2.05) is 25.1 Å². The first kappa shape index (κ1) is 16.2. The van der Waals surface area contributed by atoms with Crippen LogP contribution in [0.5, 0.6) is 0 Å². The van der Waals surface area contributed by atoms with E-state index in [1.54, 1.807) is 4.90 Å². The van der Waals surface area contributed by atoms with Crippen molar-refractivity contribution in [3.63, 3.8) is 0 Å². The monoisotopic (exact) mass is 402 g/mol. The first-order valence-corrected chi connectivity index (χ1v) is 8.08. The normalized spacial score (nSPS) is 19.2. The van der Waals surface area contributed by atoms with Gasteiger partial charge in [0.1, 0.15) is 6.04 Å².